The lowest BCUT2D eigenvalue weighted by molar-refractivity contribution is -0.139. The van der Waals surface area contributed by atoms with Crippen LogP contribution in [0.1, 0.15) is 31.0 Å². The van der Waals surface area contributed by atoms with Gasteiger partial charge in [-0.25, -0.2) is 9.79 Å². The zero-order valence-corrected chi connectivity index (χ0v) is 24.0. The van der Waals surface area contributed by atoms with Crippen LogP contribution in [0, 0.1) is 0 Å². The molecule has 0 saturated carbocycles. The number of nitrogens with zero attached hydrogens (tertiary/aromatic N) is 3. The SMILES string of the molecule is CCOC(=O)C1=C(C)N=c2sc(=Cc3cn(C)c4ccccc34)c(=O)n2[C@@H]1c1cc(OC)c(OC)cc1Br. The van der Waals surface area contributed by atoms with Gasteiger partial charge in [0, 0.05) is 34.2 Å². The first-order chi connectivity index (χ1) is 18.3. The minimum absolute atomic E-state index is 0.195. The number of rotatable bonds is 6. The van der Waals surface area contributed by atoms with Gasteiger partial charge in [-0.1, -0.05) is 45.5 Å². The van der Waals surface area contributed by atoms with Crippen molar-refractivity contribution >= 4 is 50.2 Å². The molecule has 0 N–H and O–H groups in total. The number of halogens is 1. The molecule has 2 aromatic carbocycles. The number of benzene rings is 2. The normalized spacial score (nSPS) is 15.4. The Balaban J connectivity index is 1.79. The van der Waals surface area contributed by atoms with Crippen LogP contribution < -0.4 is 24.4 Å². The number of thiazole rings is 1. The Labute approximate surface area is 231 Å². The van der Waals surface area contributed by atoms with Crippen molar-refractivity contribution in [1.29, 1.82) is 0 Å². The number of aromatic nitrogens is 2. The summed E-state index contributed by atoms with van der Waals surface area (Å²) < 4.78 is 21.2. The Morgan fingerprint density at radius 2 is 1.89 bits per heavy atom. The van der Waals surface area contributed by atoms with E-state index >= 15 is 0 Å². The molecule has 1 aliphatic heterocycles. The van der Waals surface area contributed by atoms with Gasteiger partial charge in [0.05, 0.1) is 42.7 Å². The molecule has 38 heavy (non-hydrogen) atoms. The molecule has 10 heteroatoms. The van der Waals surface area contributed by atoms with Crippen molar-refractivity contribution in [2.45, 2.75) is 19.9 Å². The van der Waals surface area contributed by atoms with Crippen molar-refractivity contribution < 1.29 is 19.0 Å². The van der Waals surface area contributed by atoms with Crippen molar-refractivity contribution in [3.05, 3.63) is 89.2 Å². The Morgan fingerprint density at radius 1 is 1.18 bits per heavy atom. The van der Waals surface area contributed by atoms with Crippen LogP contribution in [0.4, 0.5) is 0 Å². The Hall–Kier alpha value is -3.63. The largest absolute Gasteiger partial charge is 0.493 e. The first-order valence-electron chi connectivity index (χ1n) is 11.9. The molecule has 8 nitrogen and oxygen atoms in total. The molecule has 0 bridgehead atoms. The molecule has 5 rings (SSSR count). The predicted molar refractivity (Wildman–Crippen MR) is 151 cm³/mol. The standard InChI is InChI=1S/C28H26BrN3O5S/c1-6-37-27(34)24-15(2)30-28-32(25(24)18-12-21(35-4)22(36-5)13-19(18)29)26(33)23(38-28)11-16-14-31(3)20-10-8-7-9-17(16)20/h7-14,25H,6H2,1-5H3/t25-/m1/s1. The average Bonchev–Trinajstić information content (AvgIpc) is 3.38. The monoisotopic (exact) mass is 595 g/mol. The molecule has 196 valence electrons. The van der Waals surface area contributed by atoms with Gasteiger partial charge in [0.15, 0.2) is 16.3 Å². The molecule has 0 spiro atoms. The Morgan fingerprint density at radius 3 is 2.61 bits per heavy atom. The molecule has 0 aliphatic carbocycles. The first kappa shape index (κ1) is 26.0. The molecule has 3 heterocycles. The quantitative estimate of drug-likeness (QED) is 0.314. The van der Waals surface area contributed by atoms with E-state index in [0.29, 0.717) is 42.1 Å². The lowest BCUT2D eigenvalue weighted by Gasteiger charge is -2.26. The molecular weight excluding hydrogens is 570 g/mol. The summed E-state index contributed by atoms with van der Waals surface area (Å²) in [7, 11) is 5.07. The van der Waals surface area contributed by atoms with E-state index in [4.69, 9.17) is 14.2 Å². The summed E-state index contributed by atoms with van der Waals surface area (Å²) in [5.41, 5.74) is 3.19. The molecule has 1 aliphatic rings. The highest BCUT2D eigenvalue weighted by atomic mass is 79.9. The van der Waals surface area contributed by atoms with Crippen LogP contribution >= 0.6 is 27.3 Å². The lowest BCUT2D eigenvalue weighted by Crippen LogP contribution is -2.40. The summed E-state index contributed by atoms with van der Waals surface area (Å²) in [6.45, 7) is 3.70. The molecule has 2 aromatic heterocycles. The highest BCUT2D eigenvalue weighted by Crippen LogP contribution is 2.40. The molecule has 0 fully saturated rings. The third-order valence-electron chi connectivity index (χ3n) is 6.53. The second-order valence-electron chi connectivity index (χ2n) is 8.74. The summed E-state index contributed by atoms with van der Waals surface area (Å²) in [5, 5.41) is 1.04. The minimum atomic E-state index is -0.783. The molecular formula is C28H26BrN3O5S. The number of carbonyl (C=O) groups excluding carboxylic acids is 1. The fourth-order valence-corrected chi connectivity index (χ4v) is 6.37. The van der Waals surface area contributed by atoms with Gasteiger partial charge >= 0.3 is 5.97 Å². The highest BCUT2D eigenvalue weighted by molar-refractivity contribution is 9.10. The molecule has 0 unspecified atom stereocenters. The van der Waals surface area contributed by atoms with Crippen LogP contribution in [0.15, 0.2) is 68.1 Å². The Bertz CT molecular complexity index is 1800. The van der Waals surface area contributed by atoms with Crippen LogP contribution in [0.2, 0.25) is 0 Å². The summed E-state index contributed by atoms with van der Waals surface area (Å²) in [4.78, 5) is 32.4. The van der Waals surface area contributed by atoms with E-state index in [2.05, 4.69) is 20.9 Å². The second-order valence-corrected chi connectivity index (χ2v) is 10.6. The van der Waals surface area contributed by atoms with E-state index in [1.165, 1.54) is 11.3 Å². The summed E-state index contributed by atoms with van der Waals surface area (Å²) in [6, 6.07) is 10.8. The van der Waals surface area contributed by atoms with Gasteiger partial charge in [0.2, 0.25) is 0 Å². The number of esters is 1. The second kappa shape index (κ2) is 10.3. The number of para-hydroxylation sites is 1. The molecule has 0 radical (unpaired) electrons. The van der Waals surface area contributed by atoms with E-state index in [1.807, 2.05) is 48.2 Å². The minimum Gasteiger partial charge on any atom is -0.493 e. The van der Waals surface area contributed by atoms with E-state index in [-0.39, 0.29) is 12.2 Å². The Kier molecular flexibility index (Phi) is 7.02. The highest BCUT2D eigenvalue weighted by Gasteiger charge is 2.35. The van der Waals surface area contributed by atoms with E-state index in [1.54, 1.807) is 44.8 Å². The molecule has 4 aromatic rings. The van der Waals surface area contributed by atoms with E-state index in [9.17, 15) is 9.59 Å². The van der Waals surface area contributed by atoms with Crippen LogP contribution in [0.5, 0.6) is 11.5 Å². The molecule has 1 atom stereocenters. The fraction of sp³-hybridized carbons (Fsp3) is 0.250. The predicted octanol–water partition coefficient (Wildman–Crippen LogP) is 4.07. The first-order valence-corrected chi connectivity index (χ1v) is 13.5. The number of methoxy groups -OCH3 is 2. The van der Waals surface area contributed by atoms with Crippen molar-refractivity contribution in [1.82, 2.24) is 9.13 Å². The zero-order valence-electron chi connectivity index (χ0n) is 21.6. The third-order valence-corrected chi connectivity index (χ3v) is 8.20. The van der Waals surface area contributed by atoms with Crippen LogP contribution in [0.3, 0.4) is 0 Å². The summed E-state index contributed by atoms with van der Waals surface area (Å²) in [5.74, 6) is 0.468. The van der Waals surface area contributed by atoms with Gasteiger partial charge < -0.3 is 18.8 Å². The van der Waals surface area contributed by atoms with Gasteiger partial charge in [0.25, 0.3) is 5.56 Å². The van der Waals surface area contributed by atoms with Crippen molar-refractivity contribution in [2.24, 2.45) is 12.0 Å². The lowest BCUT2D eigenvalue weighted by atomic mass is 9.95. The molecule has 0 amide bonds. The zero-order chi connectivity index (χ0) is 27.1. The number of hydrogen-bond acceptors (Lipinski definition) is 7. The van der Waals surface area contributed by atoms with Crippen LogP contribution in [0.25, 0.3) is 17.0 Å². The number of ether oxygens (including phenoxy) is 3. The topological polar surface area (TPSA) is 84.1 Å². The maximum absolute atomic E-state index is 14.0. The van der Waals surface area contributed by atoms with Gasteiger partial charge in [-0.3, -0.25) is 9.36 Å². The average molecular weight is 597 g/mol. The van der Waals surface area contributed by atoms with Crippen molar-refractivity contribution in [3.8, 4) is 11.5 Å². The van der Waals surface area contributed by atoms with Crippen LogP contribution in [-0.2, 0) is 16.6 Å². The summed E-state index contributed by atoms with van der Waals surface area (Å²) in [6.07, 6.45) is 3.89. The summed E-state index contributed by atoms with van der Waals surface area (Å²) >= 11 is 4.91. The van der Waals surface area contributed by atoms with Gasteiger partial charge in [-0.15, -0.1) is 0 Å². The number of aryl methyl sites for hydroxylation is 1. The van der Waals surface area contributed by atoms with Crippen LogP contribution in [-0.4, -0.2) is 35.9 Å². The van der Waals surface area contributed by atoms with Gasteiger partial charge in [-0.05, 0) is 43.7 Å². The van der Waals surface area contributed by atoms with E-state index < -0.39 is 12.0 Å². The van der Waals surface area contributed by atoms with Crippen molar-refractivity contribution in [3.63, 3.8) is 0 Å². The number of fused-ring (bicyclic) bond motifs is 2. The number of allylic oxidation sites excluding steroid dienone is 1. The number of carbonyl (C=O) groups is 1. The maximum atomic E-state index is 14.0. The van der Waals surface area contributed by atoms with Crippen molar-refractivity contribution in [2.75, 3.05) is 20.8 Å². The number of hydrogen-bond donors (Lipinski definition) is 0. The van der Waals surface area contributed by atoms with Gasteiger partial charge in [-0.2, -0.15) is 0 Å². The fourth-order valence-electron chi connectivity index (χ4n) is 4.79. The third kappa shape index (κ3) is 4.27. The van der Waals surface area contributed by atoms with E-state index in [0.717, 1.165) is 16.5 Å². The maximum Gasteiger partial charge on any atom is 0.338 e. The molecule has 0 saturated heterocycles. The van der Waals surface area contributed by atoms with Gasteiger partial charge in [0.1, 0.15) is 0 Å². The smallest absolute Gasteiger partial charge is 0.338 e.